The maximum atomic E-state index is 6.35. The fourth-order valence-corrected chi connectivity index (χ4v) is 6.03. The highest BCUT2D eigenvalue weighted by Crippen LogP contribution is 2.13. The van der Waals surface area contributed by atoms with E-state index in [0.29, 0.717) is 6.61 Å². The summed E-state index contributed by atoms with van der Waals surface area (Å²) in [4.78, 5) is 0. The Kier molecular flexibility index (Phi) is 5.61. The normalized spacial score (nSPS) is 11.1. The van der Waals surface area contributed by atoms with Crippen LogP contribution in [0.25, 0.3) is 0 Å². The van der Waals surface area contributed by atoms with E-state index in [1.54, 1.807) is 0 Å². The van der Waals surface area contributed by atoms with E-state index in [1.165, 1.54) is 43.8 Å². The van der Waals surface area contributed by atoms with E-state index in [0.717, 1.165) is 0 Å². The molecule has 2 heteroatoms. The van der Waals surface area contributed by atoms with Crippen molar-refractivity contribution in [1.29, 1.82) is 0 Å². The Bertz CT molecular complexity index is 627. The average Bonchev–Trinajstić information content (AvgIpc) is 2.41. The zero-order valence-electron chi connectivity index (χ0n) is 15.2. The molecule has 0 saturated carbocycles. The third kappa shape index (κ3) is 3.82. The molecule has 0 saturated heterocycles. The van der Waals surface area contributed by atoms with Gasteiger partial charge >= 0.3 is 0 Å². The summed E-state index contributed by atoms with van der Waals surface area (Å²) in [6, 6.07) is 9.07. The van der Waals surface area contributed by atoms with Gasteiger partial charge in [-0.25, -0.2) is 0 Å². The predicted octanol–water partition coefficient (Wildman–Crippen LogP) is 3.85. The molecule has 0 spiro atoms. The first-order valence-electron chi connectivity index (χ1n) is 8.12. The lowest BCUT2D eigenvalue weighted by molar-refractivity contribution is 0.382. The molecule has 1 nitrogen and oxygen atoms in total. The Balaban J connectivity index is 2.66. The van der Waals surface area contributed by atoms with Crippen LogP contribution in [-0.2, 0) is 4.43 Å². The van der Waals surface area contributed by atoms with Gasteiger partial charge in [0.1, 0.15) is 0 Å². The molecule has 1 radical (unpaired) electrons. The van der Waals surface area contributed by atoms with Crippen molar-refractivity contribution in [3.8, 4) is 0 Å². The summed E-state index contributed by atoms with van der Waals surface area (Å²) in [7, 11) is -1.29. The predicted molar refractivity (Wildman–Crippen MR) is 102 cm³/mol. The number of rotatable bonds is 5. The van der Waals surface area contributed by atoms with Gasteiger partial charge in [0, 0.05) is 0 Å². The molecule has 0 amide bonds. The summed E-state index contributed by atoms with van der Waals surface area (Å²) in [5.41, 5.74) is 7.96. The summed E-state index contributed by atoms with van der Waals surface area (Å²) in [5, 5.41) is 2.77. The van der Waals surface area contributed by atoms with Crippen molar-refractivity contribution >= 4 is 19.4 Å². The van der Waals surface area contributed by atoms with Crippen LogP contribution in [0, 0.1) is 41.5 Å². The van der Waals surface area contributed by atoms with E-state index in [-0.39, 0.29) is 0 Å². The summed E-state index contributed by atoms with van der Waals surface area (Å²) < 4.78 is 6.35. The topological polar surface area (TPSA) is 9.23 Å². The zero-order chi connectivity index (χ0) is 17.1. The molecule has 0 heterocycles. The van der Waals surface area contributed by atoms with Crippen LogP contribution in [0.3, 0.4) is 0 Å². The van der Waals surface area contributed by atoms with E-state index in [9.17, 15) is 0 Å². The second-order valence-corrected chi connectivity index (χ2v) is 8.42. The van der Waals surface area contributed by atoms with Crippen LogP contribution < -0.4 is 10.4 Å². The van der Waals surface area contributed by atoms with Crippen LogP contribution in [0.1, 0.15) is 33.4 Å². The third-order valence-corrected chi connectivity index (χ3v) is 7.09. The molecule has 0 N–H and O–H groups in total. The molecule has 2 aromatic rings. The minimum absolute atomic E-state index is 0.591. The molecule has 0 aliphatic heterocycles. The van der Waals surface area contributed by atoms with Crippen molar-refractivity contribution in [2.75, 3.05) is 6.61 Å². The molecule has 0 bridgehead atoms. The Hall–Kier alpha value is -1.64. The van der Waals surface area contributed by atoms with Gasteiger partial charge in [0.15, 0.2) is 0 Å². The van der Waals surface area contributed by atoms with E-state index < -0.39 is 9.04 Å². The number of benzene rings is 2. The summed E-state index contributed by atoms with van der Waals surface area (Å²) in [6.45, 7) is 17.6. The molecule has 121 valence electrons. The van der Waals surface area contributed by atoms with Gasteiger partial charge < -0.3 is 4.43 Å². The first-order chi connectivity index (χ1) is 10.8. The molecule has 0 unspecified atom stereocenters. The maximum Gasteiger partial charge on any atom is 0.284 e. The Morgan fingerprint density at radius 3 is 1.43 bits per heavy atom. The van der Waals surface area contributed by atoms with Crippen molar-refractivity contribution in [3.05, 3.63) is 70.3 Å². The molecule has 0 aromatic heterocycles. The number of aryl methyl sites for hydroxylation is 6. The molecule has 23 heavy (non-hydrogen) atoms. The summed E-state index contributed by atoms with van der Waals surface area (Å²) in [6.07, 6.45) is 1.85. The van der Waals surface area contributed by atoms with Crippen LogP contribution in [0.5, 0.6) is 0 Å². The lowest BCUT2D eigenvalue weighted by atomic mass is 10.1. The lowest BCUT2D eigenvalue weighted by Gasteiger charge is -2.23. The second kappa shape index (κ2) is 7.29. The number of hydrogen-bond donors (Lipinski definition) is 0. The maximum absolute atomic E-state index is 6.35. The van der Waals surface area contributed by atoms with Crippen molar-refractivity contribution in [2.45, 2.75) is 41.5 Å². The van der Waals surface area contributed by atoms with Crippen LogP contribution in [0.15, 0.2) is 36.9 Å². The van der Waals surface area contributed by atoms with Crippen LogP contribution in [0.2, 0.25) is 0 Å². The standard InChI is InChI=1S/C21H27OSi/c1-8-9-22-23(20-16(4)10-14(2)11-17(20)5)21-18(6)12-15(3)13-19(21)7/h8,10-13H,1,9H2,2-7H3. The van der Waals surface area contributed by atoms with Gasteiger partial charge in [0.2, 0.25) is 0 Å². The average molecular weight is 324 g/mol. The van der Waals surface area contributed by atoms with Gasteiger partial charge in [0.05, 0.1) is 6.61 Å². The van der Waals surface area contributed by atoms with E-state index >= 15 is 0 Å². The van der Waals surface area contributed by atoms with Crippen molar-refractivity contribution < 1.29 is 4.43 Å². The van der Waals surface area contributed by atoms with Gasteiger partial charge in [-0.15, -0.1) is 6.58 Å². The SMILES string of the molecule is C=CCO[Si](c1c(C)cc(C)cc1C)c1c(C)cc(C)cc1C. The highest BCUT2D eigenvalue weighted by Gasteiger charge is 2.26. The first kappa shape index (κ1) is 17.7. The van der Waals surface area contributed by atoms with Crippen molar-refractivity contribution in [3.63, 3.8) is 0 Å². The smallest absolute Gasteiger partial charge is 0.284 e. The monoisotopic (exact) mass is 323 g/mol. The fraction of sp³-hybridized carbons (Fsp3) is 0.333. The van der Waals surface area contributed by atoms with Crippen LogP contribution in [0.4, 0.5) is 0 Å². The summed E-state index contributed by atoms with van der Waals surface area (Å²) >= 11 is 0. The van der Waals surface area contributed by atoms with Crippen LogP contribution in [-0.4, -0.2) is 15.6 Å². The van der Waals surface area contributed by atoms with E-state index in [4.69, 9.17) is 4.43 Å². The van der Waals surface area contributed by atoms with Gasteiger partial charge in [-0.2, -0.15) is 0 Å². The molecular formula is C21H27OSi. The Labute approximate surface area is 142 Å². The third-order valence-electron chi connectivity index (χ3n) is 4.15. The zero-order valence-corrected chi connectivity index (χ0v) is 16.2. The highest BCUT2D eigenvalue weighted by atomic mass is 28.3. The molecular weight excluding hydrogens is 296 g/mol. The first-order valence-corrected chi connectivity index (χ1v) is 9.53. The van der Waals surface area contributed by atoms with E-state index in [1.807, 2.05) is 6.08 Å². The molecule has 0 aliphatic rings. The Morgan fingerprint density at radius 2 is 1.13 bits per heavy atom. The van der Waals surface area contributed by atoms with Crippen molar-refractivity contribution in [2.24, 2.45) is 0 Å². The van der Waals surface area contributed by atoms with Crippen LogP contribution >= 0.6 is 0 Å². The lowest BCUT2D eigenvalue weighted by Crippen LogP contribution is -2.50. The minimum Gasteiger partial charge on any atom is -0.404 e. The number of hydrogen-bond acceptors (Lipinski definition) is 1. The van der Waals surface area contributed by atoms with Gasteiger partial charge in [-0.05, 0) is 74.2 Å². The van der Waals surface area contributed by atoms with E-state index in [2.05, 4.69) is 72.4 Å². The molecule has 2 aromatic carbocycles. The molecule has 0 aliphatic carbocycles. The fourth-order valence-electron chi connectivity index (χ4n) is 3.49. The summed E-state index contributed by atoms with van der Waals surface area (Å²) in [5.74, 6) is 0. The largest absolute Gasteiger partial charge is 0.404 e. The molecule has 2 rings (SSSR count). The van der Waals surface area contributed by atoms with Gasteiger partial charge in [-0.3, -0.25) is 0 Å². The van der Waals surface area contributed by atoms with Gasteiger partial charge in [0.25, 0.3) is 9.04 Å². The highest BCUT2D eigenvalue weighted by molar-refractivity contribution is 6.81. The van der Waals surface area contributed by atoms with Gasteiger partial charge in [-0.1, -0.05) is 41.5 Å². The Morgan fingerprint density at radius 1 is 0.783 bits per heavy atom. The molecule has 0 fully saturated rings. The second-order valence-electron chi connectivity index (χ2n) is 6.48. The minimum atomic E-state index is -1.29. The molecule has 0 atom stereocenters. The quantitative estimate of drug-likeness (QED) is 0.600. The van der Waals surface area contributed by atoms with Crippen molar-refractivity contribution in [1.82, 2.24) is 0 Å².